The van der Waals surface area contributed by atoms with E-state index >= 15 is 0 Å². The third kappa shape index (κ3) is 5.12. The van der Waals surface area contributed by atoms with E-state index in [1.165, 1.54) is 19.2 Å². The van der Waals surface area contributed by atoms with Crippen LogP contribution in [0.3, 0.4) is 0 Å². The molecule has 2 heterocycles. The Morgan fingerprint density at radius 2 is 1.91 bits per heavy atom. The number of esters is 1. The number of urea groups is 1. The smallest absolute Gasteiger partial charge is 0.373 e. The topological polar surface area (TPSA) is 98.1 Å². The van der Waals surface area contributed by atoms with E-state index in [1.807, 2.05) is 43.3 Å². The summed E-state index contributed by atoms with van der Waals surface area (Å²) in [5, 5.41) is 2.57. The average molecular weight is 446 g/mol. The van der Waals surface area contributed by atoms with Gasteiger partial charge in [0.25, 0.3) is 5.91 Å². The number of furan rings is 1. The van der Waals surface area contributed by atoms with Crippen molar-refractivity contribution in [3.8, 4) is 5.75 Å². The predicted molar refractivity (Wildman–Crippen MR) is 119 cm³/mol. The van der Waals surface area contributed by atoms with Crippen molar-refractivity contribution < 1.29 is 28.3 Å². The van der Waals surface area contributed by atoms with E-state index in [-0.39, 0.29) is 23.8 Å². The average Bonchev–Trinajstić information content (AvgIpc) is 3.38. The summed E-state index contributed by atoms with van der Waals surface area (Å²) in [6.07, 6.45) is 1.59. The number of rotatable bonds is 7. The predicted octanol–water partition coefficient (Wildman–Crippen LogP) is 4.05. The van der Waals surface area contributed by atoms with Crippen molar-refractivity contribution in [3.05, 3.63) is 94.6 Å². The van der Waals surface area contributed by atoms with Crippen LogP contribution in [0, 0.1) is 6.92 Å². The number of amides is 3. The fourth-order valence-electron chi connectivity index (χ4n) is 3.37. The zero-order chi connectivity index (χ0) is 23.4. The van der Waals surface area contributed by atoms with E-state index < -0.39 is 17.9 Å². The van der Waals surface area contributed by atoms with Crippen LogP contribution in [0.25, 0.3) is 6.08 Å². The van der Waals surface area contributed by atoms with E-state index in [2.05, 4.69) is 16.1 Å². The van der Waals surface area contributed by atoms with Gasteiger partial charge >= 0.3 is 12.0 Å². The molecule has 168 valence electrons. The van der Waals surface area contributed by atoms with Gasteiger partial charge in [-0.25, -0.2) is 9.59 Å². The summed E-state index contributed by atoms with van der Waals surface area (Å²) in [5.74, 6) is -0.208. The Morgan fingerprint density at radius 3 is 2.70 bits per heavy atom. The molecule has 1 N–H and O–H groups in total. The van der Waals surface area contributed by atoms with Crippen molar-refractivity contribution in [2.24, 2.45) is 0 Å². The lowest BCUT2D eigenvalue weighted by molar-refractivity contribution is -0.123. The van der Waals surface area contributed by atoms with Gasteiger partial charge in [0.05, 0.1) is 13.7 Å². The second kappa shape index (κ2) is 9.44. The van der Waals surface area contributed by atoms with E-state index in [9.17, 15) is 14.4 Å². The van der Waals surface area contributed by atoms with Gasteiger partial charge in [-0.15, -0.1) is 0 Å². The Labute approximate surface area is 190 Å². The summed E-state index contributed by atoms with van der Waals surface area (Å²) in [5.41, 5.74) is 3.05. The van der Waals surface area contributed by atoms with Crippen molar-refractivity contribution in [2.45, 2.75) is 20.1 Å². The van der Waals surface area contributed by atoms with Crippen molar-refractivity contribution in [3.63, 3.8) is 0 Å². The zero-order valence-electron chi connectivity index (χ0n) is 18.2. The van der Waals surface area contributed by atoms with Gasteiger partial charge in [0.15, 0.2) is 0 Å². The summed E-state index contributed by atoms with van der Waals surface area (Å²) in [4.78, 5) is 37.6. The number of hydrogen-bond acceptors (Lipinski definition) is 6. The molecular formula is C25H22N2O6. The maximum Gasteiger partial charge on any atom is 0.373 e. The molecule has 1 aliphatic heterocycles. The van der Waals surface area contributed by atoms with Gasteiger partial charge in [0.1, 0.15) is 23.8 Å². The Balaban J connectivity index is 1.44. The van der Waals surface area contributed by atoms with Gasteiger partial charge in [0.2, 0.25) is 5.76 Å². The number of carbonyl (C=O) groups excluding carboxylic acids is 3. The zero-order valence-corrected chi connectivity index (χ0v) is 18.2. The number of aryl methyl sites for hydroxylation is 1. The highest BCUT2D eigenvalue weighted by Crippen LogP contribution is 2.21. The second-order valence-corrected chi connectivity index (χ2v) is 7.49. The lowest BCUT2D eigenvalue weighted by Crippen LogP contribution is -2.30. The molecule has 1 aromatic heterocycles. The number of benzene rings is 2. The molecule has 0 atom stereocenters. The van der Waals surface area contributed by atoms with Gasteiger partial charge in [-0.05, 0) is 48.4 Å². The number of ether oxygens (including phenoxy) is 2. The summed E-state index contributed by atoms with van der Waals surface area (Å²) in [6, 6.07) is 17.7. The summed E-state index contributed by atoms with van der Waals surface area (Å²) < 4.78 is 15.8. The van der Waals surface area contributed by atoms with Crippen molar-refractivity contribution in [2.75, 3.05) is 7.11 Å². The molecular weight excluding hydrogens is 424 g/mol. The van der Waals surface area contributed by atoms with Gasteiger partial charge in [-0.3, -0.25) is 9.69 Å². The van der Waals surface area contributed by atoms with Crippen LogP contribution < -0.4 is 10.1 Å². The number of nitrogens with zero attached hydrogens (tertiary/aromatic N) is 1. The first kappa shape index (κ1) is 21.9. The molecule has 1 saturated heterocycles. The summed E-state index contributed by atoms with van der Waals surface area (Å²) >= 11 is 0. The minimum Gasteiger partial charge on any atom is -0.489 e. The monoisotopic (exact) mass is 446 g/mol. The third-order valence-electron chi connectivity index (χ3n) is 4.98. The first-order valence-electron chi connectivity index (χ1n) is 10.2. The van der Waals surface area contributed by atoms with Crippen LogP contribution in [0.15, 0.2) is 70.8 Å². The molecule has 0 bridgehead atoms. The normalized spacial score (nSPS) is 14.5. The quantitative estimate of drug-likeness (QED) is 0.334. The van der Waals surface area contributed by atoms with E-state index in [0.717, 1.165) is 16.0 Å². The van der Waals surface area contributed by atoms with E-state index in [1.54, 1.807) is 12.1 Å². The van der Waals surface area contributed by atoms with Gasteiger partial charge in [-0.1, -0.05) is 42.0 Å². The van der Waals surface area contributed by atoms with Crippen LogP contribution in [0.5, 0.6) is 5.75 Å². The molecule has 33 heavy (non-hydrogen) atoms. The molecule has 8 heteroatoms. The van der Waals surface area contributed by atoms with Crippen molar-refractivity contribution in [1.82, 2.24) is 10.2 Å². The Bertz CT molecular complexity index is 1240. The summed E-state index contributed by atoms with van der Waals surface area (Å²) in [7, 11) is 1.24. The van der Waals surface area contributed by atoms with Gasteiger partial charge in [0, 0.05) is 0 Å². The number of carbonyl (C=O) groups is 3. The van der Waals surface area contributed by atoms with Crippen molar-refractivity contribution >= 4 is 24.0 Å². The molecule has 0 spiro atoms. The second-order valence-electron chi connectivity index (χ2n) is 7.49. The summed E-state index contributed by atoms with van der Waals surface area (Å²) in [6.45, 7) is 2.33. The minimum atomic E-state index is -0.636. The Morgan fingerprint density at radius 1 is 1.09 bits per heavy atom. The molecule has 8 nitrogen and oxygen atoms in total. The molecule has 1 aliphatic rings. The lowest BCUT2D eigenvalue weighted by atomic mass is 10.1. The Kier molecular flexibility index (Phi) is 6.26. The number of hydrogen-bond donors (Lipinski definition) is 1. The van der Waals surface area contributed by atoms with Crippen LogP contribution in [-0.2, 0) is 22.7 Å². The first-order valence-corrected chi connectivity index (χ1v) is 10.2. The first-order chi connectivity index (χ1) is 15.9. The highest BCUT2D eigenvalue weighted by molar-refractivity contribution is 6.13. The highest BCUT2D eigenvalue weighted by Gasteiger charge is 2.34. The fourth-order valence-corrected chi connectivity index (χ4v) is 3.37. The van der Waals surface area contributed by atoms with Crippen LogP contribution in [0.4, 0.5) is 4.79 Å². The van der Waals surface area contributed by atoms with Gasteiger partial charge < -0.3 is 19.2 Å². The largest absolute Gasteiger partial charge is 0.489 e. The van der Waals surface area contributed by atoms with Crippen molar-refractivity contribution in [1.29, 1.82) is 0 Å². The SMILES string of the molecule is COC(=O)c1ccc(CN2C(=O)NC(=Cc3cccc(OCc4cccc(C)c4)c3)C2=O)o1. The van der Waals surface area contributed by atoms with Crippen LogP contribution in [0.1, 0.15) is 33.0 Å². The molecule has 0 unspecified atom stereocenters. The van der Waals surface area contributed by atoms with E-state index in [4.69, 9.17) is 9.15 Å². The van der Waals surface area contributed by atoms with Crippen LogP contribution in [0.2, 0.25) is 0 Å². The Hall–Kier alpha value is -4.33. The molecule has 4 rings (SSSR count). The molecule has 0 radical (unpaired) electrons. The maximum absolute atomic E-state index is 12.8. The van der Waals surface area contributed by atoms with Crippen LogP contribution in [-0.4, -0.2) is 29.9 Å². The molecule has 2 aromatic carbocycles. The maximum atomic E-state index is 12.8. The number of methoxy groups -OCH3 is 1. The highest BCUT2D eigenvalue weighted by atomic mass is 16.5. The number of nitrogens with one attached hydrogen (secondary N) is 1. The molecule has 0 aliphatic carbocycles. The molecule has 1 fully saturated rings. The molecule has 3 amide bonds. The third-order valence-corrected chi connectivity index (χ3v) is 4.98. The molecule has 0 saturated carbocycles. The lowest BCUT2D eigenvalue weighted by Gasteiger charge is -2.09. The minimum absolute atomic E-state index is 0.00204. The molecule has 3 aromatic rings. The fraction of sp³-hybridized carbons (Fsp3) is 0.160. The standard InChI is InChI=1S/C25H22N2O6/c1-16-5-3-7-18(11-16)15-32-19-8-4-6-17(12-19)13-21-23(28)27(25(30)26-21)14-20-9-10-22(33-20)24(29)31-2/h3-13H,14-15H2,1-2H3,(H,26,30). The van der Waals surface area contributed by atoms with Crippen LogP contribution >= 0.6 is 0 Å². The number of imide groups is 1. The van der Waals surface area contributed by atoms with Gasteiger partial charge in [-0.2, -0.15) is 0 Å². The van der Waals surface area contributed by atoms with E-state index in [0.29, 0.717) is 17.9 Å².